The van der Waals surface area contributed by atoms with Gasteiger partial charge in [-0.3, -0.25) is 0 Å². The first-order valence-electron chi connectivity index (χ1n) is 6.06. The van der Waals surface area contributed by atoms with Crippen LogP contribution in [0.1, 0.15) is 26.6 Å². The molecule has 1 aromatic heterocycles. The third-order valence-corrected chi connectivity index (χ3v) is 3.40. The number of ether oxygens (including phenoxy) is 1. The molecule has 1 aromatic rings. The van der Waals surface area contributed by atoms with Gasteiger partial charge in [-0.2, -0.15) is 11.8 Å². The molecule has 0 unspecified atom stereocenters. The van der Waals surface area contributed by atoms with Gasteiger partial charge < -0.3 is 4.74 Å². The highest BCUT2D eigenvalue weighted by Gasteiger charge is 2.14. The van der Waals surface area contributed by atoms with Crippen LogP contribution in [-0.2, 0) is 24.4 Å². The number of imidazole rings is 1. The van der Waals surface area contributed by atoms with Crippen LogP contribution in [0.2, 0.25) is 0 Å². The zero-order valence-electron chi connectivity index (χ0n) is 10.6. The minimum Gasteiger partial charge on any atom is -0.342 e. The minimum absolute atomic E-state index is 0.674. The van der Waals surface area contributed by atoms with E-state index in [0.717, 1.165) is 19.6 Å². The molecule has 0 N–H and O–H groups in total. The molecule has 3 nitrogen and oxygen atoms in total. The summed E-state index contributed by atoms with van der Waals surface area (Å²) in [7, 11) is 0. The van der Waals surface area contributed by atoms with E-state index in [-0.39, 0.29) is 0 Å². The van der Waals surface area contributed by atoms with E-state index in [0.29, 0.717) is 6.73 Å². The predicted molar refractivity (Wildman–Crippen MR) is 68.6 cm³/mol. The smallest absolute Gasteiger partial charge is 0.258 e. The number of nitrogens with zero attached hydrogens (tertiary/aromatic N) is 2. The van der Waals surface area contributed by atoms with Crippen molar-refractivity contribution in [3.8, 4) is 0 Å². The average molecular weight is 243 g/mol. The first-order chi connectivity index (χ1) is 7.83. The van der Waals surface area contributed by atoms with Crippen LogP contribution in [0, 0.1) is 0 Å². The standard InChI is InChI=1S/C12H23N2OS/c1-4-12-13(9-10-16-6-3)7-8-14(12)11-15-5-2/h7-8H,4-6,9-11H2,1-3H3/q+1. The van der Waals surface area contributed by atoms with Gasteiger partial charge in [0.15, 0.2) is 6.73 Å². The molecule has 0 radical (unpaired) electrons. The lowest BCUT2D eigenvalue weighted by atomic mass is 10.4. The Labute approximate surface area is 103 Å². The Morgan fingerprint density at radius 3 is 2.81 bits per heavy atom. The average Bonchev–Trinajstić information content (AvgIpc) is 2.69. The number of hydrogen-bond donors (Lipinski definition) is 0. The topological polar surface area (TPSA) is 18.0 Å². The molecule has 1 rings (SSSR count). The van der Waals surface area contributed by atoms with Crippen molar-refractivity contribution in [3.63, 3.8) is 0 Å². The third-order valence-electron chi connectivity index (χ3n) is 2.52. The summed E-state index contributed by atoms with van der Waals surface area (Å²) >= 11 is 1.99. The second-order valence-electron chi connectivity index (χ2n) is 3.55. The third kappa shape index (κ3) is 3.83. The molecule has 92 valence electrons. The van der Waals surface area contributed by atoms with E-state index in [9.17, 15) is 0 Å². The van der Waals surface area contributed by atoms with Gasteiger partial charge in [-0.1, -0.05) is 13.8 Å². The van der Waals surface area contributed by atoms with E-state index >= 15 is 0 Å². The molecular formula is C12H23N2OS+. The van der Waals surface area contributed by atoms with Crippen LogP contribution in [-0.4, -0.2) is 22.7 Å². The van der Waals surface area contributed by atoms with Crippen molar-refractivity contribution in [1.29, 1.82) is 0 Å². The van der Waals surface area contributed by atoms with E-state index in [2.05, 4.69) is 35.4 Å². The molecule has 1 heterocycles. The van der Waals surface area contributed by atoms with Gasteiger partial charge in [0.1, 0.15) is 12.4 Å². The largest absolute Gasteiger partial charge is 0.342 e. The van der Waals surface area contributed by atoms with Crippen LogP contribution < -0.4 is 4.57 Å². The van der Waals surface area contributed by atoms with Gasteiger partial charge in [0.25, 0.3) is 5.82 Å². The highest BCUT2D eigenvalue weighted by atomic mass is 32.2. The zero-order valence-corrected chi connectivity index (χ0v) is 11.4. The van der Waals surface area contributed by atoms with E-state index in [1.54, 1.807) is 0 Å². The normalized spacial score (nSPS) is 10.9. The van der Waals surface area contributed by atoms with Crippen molar-refractivity contribution >= 4 is 11.8 Å². The summed E-state index contributed by atoms with van der Waals surface area (Å²) in [6.07, 6.45) is 5.33. The molecular weight excluding hydrogens is 220 g/mol. The summed E-state index contributed by atoms with van der Waals surface area (Å²) in [5, 5.41) is 0. The zero-order chi connectivity index (χ0) is 11.8. The van der Waals surface area contributed by atoms with Crippen LogP contribution in [0.5, 0.6) is 0 Å². The molecule has 0 aliphatic carbocycles. The number of hydrogen-bond acceptors (Lipinski definition) is 2. The molecule has 0 saturated heterocycles. The van der Waals surface area contributed by atoms with Gasteiger partial charge in [-0.15, -0.1) is 0 Å². The van der Waals surface area contributed by atoms with E-state index in [1.807, 2.05) is 18.7 Å². The minimum atomic E-state index is 0.674. The second-order valence-corrected chi connectivity index (χ2v) is 4.94. The lowest BCUT2D eigenvalue weighted by molar-refractivity contribution is -0.738. The first kappa shape index (κ1) is 13.6. The van der Waals surface area contributed by atoms with Crippen molar-refractivity contribution in [2.45, 2.75) is 40.5 Å². The number of aryl methyl sites for hydroxylation is 1. The molecule has 0 aromatic carbocycles. The summed E-state index contributed by atoms with van der Waals surface area (Å²) < 4.78 is 9.97. The van der Waals surface area contributed by atoms with Crippen LogP contribution in [0.4, 0.5) is 0 Å². The summed E-state index contributed by atoms with van der Waals surface area (Å²) in [5.74, 6) is 3.74. The second kappa shape index (κ2) is 7.74. The number of rotatable bonds is 8. The maximum Gasteiger partial charge on any atom is 0.258 e. The first-order valence-corrected chi connectivity index (χ1v) is 7.21. The SMILES string of the molecule is CCOC[n+]1ccn(CCSCC)c1CC. The molecule has 0 amide bonds. The lowest BCUT2D eigenvalue weighted by Gasteiger charge is -2.03. The monoisotopic (exact) mass is 243 g/mol. The van der Waals surface area contributed by atoms with Gasteiger partial charge in [-0.05, 0) is 12.7 Å². The summed E-state index contributed by atoms with van der Waals surface area (Å²) in [4.78, 5) is 0. The Morgan fingerprint density at radius 1 is 1.38 bits per heavy atom. The highest BCUT2D eigenvalue weighted by Crippen LogP contribution is 2.03. The van der Waals surface area contributed by atoms with Crippen molar-refractivity contribution < 1.29 is 9.30 Å². The Bertz CT molecular complexity index is 299. The fourth-order valence-electron chi connectivity index (χ4n) is 1.72. The molecule has 16 heavy (non-hydrogen) atoms. The maximum absolute atomic E-state index is 5.45. The molecule has 0 atom stereocenters. The van der Waals surface area contributed by atoms with Gasteiger partial charge in [0.2, 0.25) is 0 Å². The van der Waals surface area contributed by atoms with Crippen molar-refractivity contribution in [2.75, 3.05) is 18.1 Å². The van der Waals surface area contributed by atoms with Gasteiger partial charge in [0.05, 0.1) is 6.54 Å². The summed E-state index contributed by atoms with van der Waals surface area (Å²) in [6, 6.07) is 0. The molecule has 0 fully saturated rings. The molecule has 0 aliphatic rings. The van der Waals surface area contributed by atoms with Crippen LogP contribution in [0.25, 0.3) is 0 Å². The number of thioether (sulfide) groups is 1. The van der Waals surface area contributed by atoms with Crippen LogP contribution in [0.3, 0.4) is 0 Å². The predicted octanol–water partition coefficient (Wildman–Crippen LogP) is 2.09. The van der Waals surface area contributed by atoms with E-state index in [1.165, 1.54) is 17.3 Å². The van der Waals surface area contributed by atoms with Crippen LogP contribution >= 0.6 is 11.8 Å². The molecule has 0 saturated carbocycles. The molecule has 0 bridgehead atoms. The molecule has 0 spiro atoms. The molecule has 0 aliphatic heterocycles. The van der Waals surface area contributed by atoms with Gasteiger partial charge in [0, 0.05) is 18.8 Å². The Balaban J connectivity index is 2.58. The Kier molecular flexibility index (Phi) is 6.57. The van der Waals surface area contributed by atoms with Gasteiger partial charge >= 0.3 is 0 Å². The van der Waals surface area contributed by atoms with Crippen molar-refractivity contribution in [2.24, 2.45) is 0 Å². The number of aromatic nitrogens is 2. The Hall–Kier alpha value is -0.480. The van der Waals surface area contributed by atoms with Gasteiger partial charge in [-0.25, -0.2) is 9.13 Å². The lowest BCUT2D eigenvalue weighted by Crippen LogP contribution is -2.38. The maximum atomic E-state index is 5.45. The molecule has 4 heteroatoms. The van der Waals surface area contributed by atoms with Crippen LogP contribution in [0.15, 0.2) is 12.4 Å². The Morgan fingerprint density at radius 2 is 2.19 bits per heavy atom. The summed E-state index contributed by atoms with van der Waals surface area (Å²) in [6.45, 7) is 8.97. The summed E-state index contributed by atoms with van der Waals surface area (Å²) in [5.41, 5.74) is 0. The quantitative estimate of drug-likeness (QED) is 0.514. The van der Waals surface area contributed by atoms with E-state index in [4.69, 9.17) is 4.74 Å². The van der Waals surface area contributed by atoms with E-state index < -0.39 is 0 Å². The highest BCUT2D eigenvalue weighted by molar-refractivity contribution is 7.99. The fourth-order valence-corrected chi connectivity index (χ4v) is 2.34. The fraction of sp³-hybridized carbons (Fsp3) is 0.750. The van der Waals surface area contributed by atoms with Crippen molar-refractivity contribution in [1.82, 2.24) is 4.57 Å². The van der Waals surface area contributed by atoms with Crippen molar-refractivity contribution in [3.05, 3.63) is 18.2 Å².